The third-order valence-electron chi connectivity index (χ3n) is 4.64. The average molecular weight is 456 g/mol. The van der Waals surface area contributed by atoms with Crippen molar-refractivity contribution in [2.75, 3.05) is 13.2 Å². The van der Waals surface area contributed by atoms with E-state index in [1.807, 2.05) is 54.6 Å². The minimum absolute atomic E-state index is 0.0611. The van der Waals surface area contributed by atoms with Gasteiger partial charge >= 0.3 is 17.9 Å². The number of benzene rings is 3. The van der Waals surface area contributed by atoms with Gasteiger partial charge in [-0.25, -0.2) is 14.4 Å². The van der Waals surface area contributed by atoms with Crippen molar-refractivity contribution in [1.29, 1.82) is 0 Å². The Balaban J connectivity index is 1.47. The van der Waals surface area contributed by atoms with E-state index < -0.39 is 17.9 Å². The molecule has 0 aliphatic heterocycles. The number of rotatable bonds is 9. The first kappa shape index (κ1) is 24.2. The van der Waals surface area contributed by atoms with Gasteiger partial charge in [0.1, 0.15) is 19.0 Å². The smallest absolute Gasteiger partial charge is 0.338 e. The molecule has 0 heterocycles. The maximum atomic E-state index is 12.1. The van der Waals surface area contributed by atoms with Crippen LogP contribution in [0.5, 0.6) is 5.75 Å². The highest BCUT2D eigenvalue weighted by Crippen LogP contribution is 2.20. The van der Waals surface area contributed by atoms with Gasteiger partial charge in [0.15, 0.2) is 0 Å². The molecule has 0 aliphatic rings. The molecule has 34 heavy (non-hydrogen) atoms. The Morgan fingerprint density at radius 1 is 0.794 bits per heavy atom. The predicted molar refractivity (Wildman–Crippen MR) is 129 cm³/mol. The third-order valence-corrected chi connectivity index (χ3v) is 4.64. The molecule has 3 aromatic carbocycles. The first-order valence-corrected chi connectivity index (χ1v) is 10.6. The first-order chi connectivity index (χ1) is 16.4. The zero-order chi connectivity index (χ0) is 24.3. The summed E-state index contributed by atoms with van der Waals surface area (Å²) in [4.78, 5) is 35.4. The van der Waals surface area contributed by atoms with Gasteiger partial charge in [0.05, 0.1) is 5.56 Å². The summed E-state index contributed by atoms with van der Waals surface area (Å²) < 4.78 is 15.2. The van der Waals surface area contributed by atoms with E-state index in [0.717, 1.165) is 16.7 Å². The molecule has 0 amide bonds. The molecule has 0 aliphatic carbocycles. The zero-order valence-electron chi connectivity index (χ0n) is 18.7. The lowest BCUT2D eigenvalue weighted by atomic mass is 10.0. The van der Waals surface area contributed by atoms with Crippen LogP contribution >= 0.6 is 0 Å². The fourth-order valence-electron chi connectivity index (χ4n) is 2.87. The van der Waals surface area contributed by atoms with Crippen molar-refractivity contribution in [3.05, 3.63) is 108 Å². The Bertz CT molecular complexity index is 1180. The van der Waals surface area contributed by atoms with Crippen molar-refractivity contribution >= 4 is 24.0 Å². The Morgan fingerprint density at radius 3 is 2.06 bits per heavy atom. The van der Waals surface area contributed by atoms with E-state index in [2.05, 4.69) is 6.58 Å². The molecule has 0 saturated carbocycles. The summed E-state index contributed by atoms with van der Waals surface area (Å²) in [6.45, 7) is 4.85. The number of hydrogen-bond acceptors (Lipinski definition) is 6. The van der Waals surface area contributed by atoms with Crippen LogP contribution in [0.25, 0.3) is 17.2 Å². The molecule has 0 bridgehead atoms. The molecule has 3 rings (SSSR count). The molecule has 0 fully saturated rings. The van der Waals surface area contributed by atoms with Crippen molar-refractivity contribution in [2.24, 2.45) is 0 Å². The summed E-state index contributed by atoms with van der Waals surface area (Å²) in [7, 11) is 0. The van der Waals surface area contributed by atoms with Crippen molar-refractivity contribution in [2.45, 2.75) is 6.92 Å². The van der Waals surface area contributed by atoms with Gasteiger partial charge in [0.2, 0.25) is 0 Å². The van der Waals surface area contributed by atoms with Gasteiger partial charge in [-0.15, -0.1) is 0 Å². The minimum Gasteiger partial charge on any atom is -0.459 e. The standard InChI is InChI=1S/C28H24O6/c1-20(2)27(30)32-18-19-33-28(31)24-13-15-25(16-14-24)34-26(29)17-10-21-8-11-23(12-9-21)22-6-4-3-5-7-22/h3-17H,1,18-19H2,2H3/b17-10+. The molecule has 0 aromatic heterocycles. The lowest BCUT2D eigenvalue weighted by Gasteiger charge is -2.07. The molecule has 0 saturated heterocycles. The summed E-state index contributed by atoms with van der Waals surface area (Å²) in [5, 5.41) is 0. The first-order valence-electron chi connectivity index (χ1n) is 10.6. The molecule has 172 valence electrons. The normalized spacial score (nSPS) is 10.5. The van der Waals surface area contributed by atoms with Crippen LogP contribution in [0.1, 0.15) is 22.8 Å². The fourth-order valence-corrected chi connectivity index (χ4v) is 2.87. The molecule has 0 atom stereocenters. The van der Waals surface area contributed by atoms with Crippen LogP contribution < -0.4 is 4.74 Å². The van der Waals surface area contributed by atoms with E-state index in [1.54, 1.807) is 6.08 Å². The van der Waals surface area contributed by atoms with E-state index in [4.69, 9.17) is 14.2 Å². The van der Waals surface area contributed by atoms with Gasteiger partial charge in [0, 0.05) is 11.6 Å². The van der Waals surface area contributed by atoms with Crippen LogP contribution in [0.15, 0.2) is 97.1 Å². The van der Waals surface area contributed by atoms with Gasteiger partial charge in [-0.1, -0.05) is 61.2 Å². The second-order valence-electron chi connectivity index (χ2n) is 7.32. The van der Waals surface area contributed by atoms with Gasteiger partial charge in [-0.2, -0.15) is 0 Å². The van der Waals surface area contributed by atoms with E-state index in [0.29, 0.717) is 5.75 Å². The van der Waals surface area contributed by atoms with Crippen LogP contribution in [0.3, 0.4) is 0 Å². The van der Waals surface area contributed by atoms with Crippen LogP contribution in [0.4, 0.5) is 0 Å². The molecular weight excluding hydrogens is 432 g/mol. The van der Waals surface area contributed by atoms with E-state index in [-0.39, 0.29) is 24.4 Å². The molecule has 6 nitrogen and oxygen atoms in total. The van der Waals surface area contributed by atoms with Crippen molar-refractivity contribution in [1.82, 2.24) is 0 Å². The Morgan fingerprint density at radius 2 is 1.41 bits per heavy atom. The molecule has 0 N–H and O–H groups in total. The van der Waals surface area contributed by atoms with Gasteiger partial charge in [-0.05, 0) is 54.0 Å². The SMILES string of the molecule is C=C(C)C(=O)OCCOC(=O)c1ccc(OC(=O)/C=C/c2ccc(-c3ccccc3)cc2)cc1. The second kappa shape index (κ2) is 12.0. The van der Waals surface area contributed by atoms with Crippen molar-refractivity contribution in [3.63, 3.8) is 0 Å². The highest BCUT2D eigenvalue weighted by Gasteiger charge is 2.09. The lowest BCUT2D eigenvalue weighted by Crippen LogP contribution is -2.14. The summed E-state index contributed by atoms with van der Waals surface area (Å²) in [6, 6.07) is 23.8. The van der Waals surface area contributed by atoms with Gasteiger partial charge in [-0.3, -0.25) is 0 Å². The van der Waals surface area contributed by atoms with E-state index in [9.17, 15) is 14.4 Å². The predicted octanol–water partition coefficient (Wildman–Crippen LogP) is 5.25. The Kier molecular flexibility index (Phi) is 8.52. The average Bonchev–Trinajstić information content (AvgIpc) is 2.86. The highest BCUT2D eigenvalue weighted by atomic mass is 16.6. The topological polar surface area (TPSA) is 78.9 Å². The molecule has 0 radical (unpaired) electrons. The zero-order valence-corrected chi connectivity index (χ0v) is 18.7. The summed E-state index contributed by atoms with van der Waals surface area (Å²) in [6.07, 6.45) is 3.01. The van der Waals surface area contributed by atoms with Crippen LogP contribution in [0.2, 0.25) is 0 Å². The molecule has 0 spiro atoms. The number of carbonyl (C=O) groups excluding carboxylic acids is 3. The number of esters is 3. The molecular formula is C28H24O6. The summed E-state index contributed by atoms with van der Waals surface area (Å²) in [5.41, 5.74) is 3.62. The highest BCUT2D eigenvalue weighted by molar-refractivity contribution is 5.91. The summed E-state index contributed by atoms with van der Waals surface area (Å²) >= 11 is 0. The van der Waals surface area contributed by atoms with Crippen molar-refractivity contribution < 1.29 is 28.6 Å². The van der Waals surface area contributed by atoms with Crippen LogP contribution in [-0.4, -0.2) is 31.1 Å². The number of hydrogen-bond donors (Lipinski definition) is 0. The number of ether oxygens (including phenoxy) is 3. The lowest BCUT2D eigenvalue weighted by molar-refractivity contribution is -0.140. The number of carbonyl (C=O) groups is 3. The van der Waals surface area contributed by atoms with Gasteiger partial charge in [0.25, 0.3) is 0 Å². The molecule has 6 heteroatoms. The quantitative estimate of drug-likeness (QED) is 0.189. The molecule has 3 aromatic rings. The van der Waals surface area contributed by atoms with Crippen molar-refractivity contribution in [3.8, 4) is 16.9 Å². The minimum atomic E-state index is -0.580. The van der Waals surface area contributed by atoms with Crippen LogP contribution in [-0.2, 0) is 19.1 Å². The van der Waals surface area contributed by atoms with Gasteiger partial charge < -0.3 is 14.2 Å². The Labute approximate surface area is 198 Å². The Hall–Kier alpha value is -4.45. The summed E-state index contributed by atoms with van der Waals surface area (Å²) in [5.74, 6) is -1.37. The second-order valence-corrected chi connectivity index (χ2v) is 7.32. The maximum absolute atomic E-state index is 12.1. The van der Waals surface area contributed by atoms with E-state index in [1.165, 1.54) is 37.3 Å². The fraction of sp³-hybridized carbons (Fsp3) is 0.107. The molecule has 0 unspecified atom stereocenters. The van der Waals surface area contributed by atoms with Crippen LogP contribution in [0, 0.1) is 0 Å². The monoisotopic (exact) mass is 456 g/mol. The maximum Gasteiger partial charge on any atom is 0.338 e. The largest absolute Gasteiger partial charge is 0.459 e. The third kappa shape index (κ3) is 7.31. The van der Waals surface area contributed by atoms with E-state index >= 15 is 0 Å².